The molecular weight excluding hydrogens is 326 g/mol. The van der Waals surface area contributed by atoms with E-state index in [1.165, 1.54) is 6.07 Å². The lowest BCUT2D eigenvalue weighted by molar-refractivity contribution is 0.144. The fourth-order valence-corrected chi connectivity index (χ4v) is 1.95. The number of aliphatic hydroxyl groups excluding tert-OH is 1. The molecule has 0 saturated heterocycles. The number of pyridine rings is 1. The van der Waals surface area contributed by atoms with Gasteiger partial charge in [-0.1, -0.05) is 0 Å². The van der Waals surface area contributed by atoms with E-state index in [0.717, 1.165) is 0 Å². The summed E-state index contributed by atoms with van der Waals surface area (Å²) in [6, 6.07) is 1.52. The lowest BCUT2D eigenvalue weighted by atomic mass is 10.2. The van der Waals surface area contributed by atoms with Gasteiger partial charge in [0.15, 0.2) is 0 Å². The standard InChI is InChI=1S/C8H7ClF2INO/c9-2-4-1-5(12)7(8(10)11)13-6(4)3-14/h1,8,14H,2-3H2. The van der Waals surface area contributed by atoms with E-state index < -0.39 is 6.43 Å². The van der Waals surface area contributed by atoms with E-state index in [9.17, 15) is 8.78 Å². The first-order valence-electron chi connectivity index (χ1n) is 3.73. The molecule has 14 heavy (non-hydrogen) atoms. The van der Waals surface area contributed by atoms with E-state index in [-0.39, 0.29) is 23.9 Å². The maximum absolute atomic E-state index is 12.4. The van der Waals surface area contributed by atoms with Crippen molar-refractivity contribution in [3.8, 4) is 0 Å². The van der Waals surface area contributed by atoms with Crippen molar-refractivity contribution >= 4 is 34.2 Å². The maximum Gasteiger partial charge on any atom is 0.281 e. The molecule has 6 heteroatoms. The van der Waals surface area contributed by atoms with Crippen molar-refractivity contribution in [3.05, 3.63) is 26.6 Å². The number of aromatic nitrogens is 1. The predicted octanol–water partition coefficient (Wildman–Crippen LogP) is 2.85. The molecule has 0 fully saturated rings. The molecule has 1 aromatic rings. The lowest BCUT2D eigenvalue weighted by Gasteiger charge is -2.08. The van der Waals surface area contributed by atoms with Gasteiger partial charge in [-0.15, -0.1) is 11.6 Å². The first kappa shape index (κ1) is 12.1. The van der Waals surface area contributed by atoms with Crippen LogP contribution in [0.15, 0.2) is 6.07 Å². The summed E-state index contributed by atoms with van der Waals surface area (Å²) in [7, 11) is 0. The highest BCUT2D eigenvalue weighted by Crippen LogP contribution is 2.25. The van der Waals surface area contributed by atoms with E-state index in [0.29, 0.717) is 9.13 Å². The highest BCUT2D eigenvalue weighted by Gasteiger charge is 2.16. The van der Waals surface area contributed by atoms with Crippen molar-refractivity contribution in [2.75, 3.05) is 0 Å². The Morgan fingerprint density at radius 1 is 1.57 bits per heavy atom. The highest BCUT2D eigenvalue weighted by atomic mass is 127. The Labute approximate surface area is 98.4 Å². The van der Waals surface area contributed by atoms with E-state index in [1.54, 1.807) is 22.6 Å². The van der Waals surface area contributed by atoms with Gasteiger partial charge in [0.2, 0.25) is 0 Å². The van der Waals surface area contributed by atoms with Gasteiger partial charge in [0.05, 0.1) is 12.3 Å². The number of aliphatic hydroxyl groups is 1. The van der Waals surface area contributed by atoms with Crippen LogP contribution in [0.2, 0.25) is 0 Å². The van der Waals surface area contributed by atoms with Crippen molar-refractivity contribution < 1.29 is 13.9 Å². The molecule has 0 aromatic carbocycles. The van der Waals surface area contributed by atoms with Crippen molar-refractivity contribution in [3.63, 3.8) is 0 Å². The first-order chi connectivity index (χ1) is 6.60. The average Bonchev–Trinajstić information content (AvgIpc) is 2.16. The molecule has 78 valence electrons. The number of alkyl halides is 3. The highest BCUT2D eigenvalue weighted by molar-refractivity contribution is 14.1. The molecule has 0 unspecified atom stereocenters. The molecule has 0 radical (unpaired) electrons. The normalized spacial score (nSPS) is 11.0. The summed E-state index contributed by atoms with van der Waals surface area (Å²) in [5, 5.41) is 8.88. The van der Waals surface area contributed by atoms with Crippen LogP contribution in [0.4, 0.5) is 8.78 Å². The zero-order valence-electron chi connectivity index (χ0n) is 6.98. The number of rotatable bonds is 3. The van der Waals surface area contributed by atoms with Crippen LogP contribution < -0.4 is 0 Å². The molecule has 0 atom stereocenters. The second kappa shape index (κ2) is 5.18. The molecule has 1 rings (SSSR count). The smallest absolute Gasteiger partial charge is 0.281 e. The topological polar surface area (TPSA) is 33.1 Å². The Hall–Kier alpha value is -0.0100. The van der Waals surface area contributed by atoms with Gasteiger partial charge < -0.3 is 5.11 Å². The van der Waals surface area contributed by atoms with Crippen molar-refractivity contribution in [2.45, 2.75) is 18.9 Å². The molecule has 0 aliphatic carbocycles. The van der Waals surface area contributed by atoms with Gasteiger partial charge in [-0.2, -0.15) is 0 Å². The molecule has 0 aliphatic rings. The van der Waals surface area contributed by atoms with Crippen LogP contribution in [0.25, 0.3) is 0 Å². The molecule has 0 amide bonds. The SMILES string of the molecule is OCc1nc(C(F)F)c(I)cc1CCl. The van der Waals surface area contributed by atoms with Gasteiger partial charge in [-0.3, -0.25) is 0 Å². The minimum atomic E-state index is -2.63. The fraction of sp³-hybridized carbons (Fsp3) is 0.375. The van der Waals surface area contributed by atoms with Crippen molar-refractivity contribution in [1.82, 2.24) is 4.98 Å². The average molecular weight is 334 g/mol. The maximum atomic E-state index is 12.4. The zero-order valence-corrected chi connectivity index (χ0v) is 9.89. The van der Waals surface area contributed by atoms with Crippen LogP contribution in [-0.4, -0.2) is 10.1 Å². The molecule has 2 nitrogen and oxygen atoms in total. The quantitative estimate of drug-likeness (QED) is 0.681. The third kappa shape index (κ3) is 2.52. The number of halogens is 4. The molecule has 1 heterocycles. The molecule has 0 aliphatic heterocycles. The Bertz CT molecular complexity index is 335. The molecular formula is C8H7ClF2INO. The summed E-state index contributed by atoms with van der Waals surface area (Å²) >= 11 is 7.35. The van der Waals surface area contributed by atoms with Crippen LogP contribution in [0.1, 0.15) is 23.4 Å². The molecule has 1 aromatic heterocycles. The summed E-state index contributed by atoms with van der Waals surface area (Å²) in [6.45, 7) is -0.376. The lowest BCUT2D eigenvalue weighted by Crippen LogP contribution is -2.03. The number of nitrogens with zero attached hydrogens (tertiary/aromatic N) is 1. The van der Waals surface area contributed by atoms with E-state index >= 15 is 0 Å². The van der Waals surface area contributed by atoms with Crippen molar-refractivity contribution in [2.24, 2.45) is 0 Å². The van der Waals surface area contributed by atoms with Crippen LogP contribution in [0.5, 0.6) is 0 Å². The second-order valence-corrected chi connectivity index (χ2v) is 3.98. The van der Waals surface area contributed by atoms with Crippen LogP contribution in [0.3, 0.4) is 0 Å². The number of hydrogen-bond donors (Lipinski definition) is 1. The van der Waals surface area contributed by atoms with Crippen molar-refractivity contribution in [1.29, 1.82) is 0 Å². The Balaban J connectivity index is 3.23. The third-order valence-corrected chi connectivity index (χ3v) is 2.82. The monoisotopic (exact) mass is 333 g/mol. The Morgan fingerprint density at radius 3 is 2.64 bits per heavy atom. The van der Waals surface area contributed by atoms with Gasteiger partial charge in [0.1, 0.15) is 5.69 Å². The van der Waals surface area contributed by atoms with Crippen LogP contribution in [-0.2, 0) is 12.5 Å². The van der Waals surface area contributed by atoms with Gasteiger partial charge >= 0.3 is 0 Å². The van der Waals surface area contributed by atoms with Crippen LogP contribution >= 0.6 is 34.2 Å². The van der Waals surface area contributed by atoms with Gasteiger partial charge in [0.25, 0.3) is 6.43 Å². The Morgan fingerprint density at radius 2 is 2.21 bits per heavy atom. The number of hydrogen-bond acceptors (Lipinski definition) is 2. The van der Waals surface area contributed by atoms with Gasteiger partial charge in [-0.05, 0) is 34.2 Å². The summed E-state index contributed by atoms with van der Waals surface area (Å²) in [6.07, 6.45) is -2.63. The zero-order chi connectivity index (χ0) is 10.7. The van der Waals surface area contributed by atoms with E-state index in [1.807, 2.05) is 0 Å². The minimum Gasteiger partial charge on any atom is -0.390 e. The molecule has 0 bridgehead atoms. The summed E-state index contributed by atoms with van der Waals surface area (Å²) < 4.78 is 25.2. The van der Waals surface area contributed by atoms with E-state index in [4.69, 9.17) is 16.7 Å². The minimum absolute atomic E-state index is 0.155. The molecule has 0 spiro atoms. The Kier molecular flexibility index (Phi) is 4.46. The summed E-state index contributed by atoms with van der Waals surface area (Å²) in [4.78, 5) is 3.67. The largest absolute Gasteiger partial charge is 0.390 e. The summed E-state index contributed by atoms with van der Waals surface area (Å²) in [5.41, 5.74) is 0.502. The predicted molar refractivity (Wildman–Crippen MR) is 57.4 cm³/mol. The van der Waals surface area contributed by atoms with Gasteiger partial charge in [0, 0.05) is 9.45 Å². The van der Waals surface area contributed by atoms with E-state index in [2.05, 4.69) is 4.98 Å². The first-order valence-corrected chi connectivity index (χ1v) is 5.34. The summed E-state index contributed by atoms with van der Waals surface area (Å²) in [5.74, 6) is 0.155. The second-order valence-electron chi connectivity index (χ2n) is 2.55. The van der Waals surface area contributed by atoms with Crippen LogP contribution in [0, 0.1) is 3.57 Å². The third-order valence-electron chi connectivity index (χ3n) is 1.67. The molecule has 1 N–H and O–H groups in total. The fourth-order valence-electron chi connectivity index (χ4n) is 0.986. The van der Waals surface area contributed by atoms with Gasteiger partial charge in [-0.25, -0.2) is 13.8 Å². The molecule has 0 saturated carbocycles.